The zero-order chi connectivity index (χ0) is 35.3. The Balaban J connectivity index is 1.44. The maximum Gasteiger partial charge on any atom is 0.270 e. The number of ether oxygens (including phenoxy) is 1. The largest absolute Gasteiger partial charge is 0.506 e. The van der Waals surface area contributed by atoms with Gasteiger partial charge in [-0.3, -0.25) is 19.6 Å². The molecule has 0 saturated carbocycles. The molecule has 0 aliphatic rings. The molecule has 0 spiro atoms. The summed E-state index contributed by atoms with van der Waals surface area (Å²) in [6.45, 7) is 14.1. The second-order valence-corrected chi connectivity index (χ2v) is 14.9. The zero-order valence-electron chi connectivity index (χ0n) is 28.4. The van der Waals surface area contributed by atoms with Crippen LogP contribution in [0.3, 0.4) is 0 Å². The lowest BCUT2D eigenvalue weighted by Gasteiger charge is -2.30. The maximum atomic E-state index is 13.2. The summed E-state index contributed by atoms with van der Waals surface area (Å²) in [6, 6.07) is 18.9. The first kappa shape index (κ1) is 36.2. The van der Waals surface area contributed by atoms with Crippen LogP contribution in [-0.2, 0) is 20.9 Å². The van der Waals surface area contributed by atoms with E-state index in [0.717, 1.165) is 24.7 Å². The monoisotopic (exact) mass is 675 g/mol. The number of hydrogen-bond acceptors (Lipinski definition) is 7. The molecular weight excluding hydrogens is 630 g/mol. The lowest BCUT2D eigenvalue weighted by atomic mass is 9.76. The molecule has 0 fully saturated rings. The fourth-order valence-electron chi connectivity index (χ4n) is 5.29. The smallest absolute Gasteiger partial charge is 0.270 e. The first-order valence-electron chi connectivity index (χ1n) is 16.2. The summed E-state index contributed by atoms with van der Waals surface area (Å²) in [7, 11) is -4.27. The molecule has 4 aromatic rings. The predicted molar refractivity (Wildman–Crippen MR) is 190 cm³/mol. The van der Waals surface area contributed by atoms with E-state index in [0.29, 0.717) is 31.4 Å². The number of sulfonamides is 1. The van der Waals surface area contributed by atoms with E-state index in [1.807, 2.05) is 0 Å². The van der Waals surface area contributed by atoms with Crippen molar-refractivity contribution < 1.29 is 28.0 Å². The number of phenolic OH excluding ortho intramolecular Hbond substituents is 1. The average Bonchev–Trinajstić information content (AvgIpc) is 3.07. The van der Waals surface area contributed by atoms with Gasteiger partial charge in [0, 0.05) is 35.0 Å². The molecule has 0 aliphatic heterocycles. The molecule has 0 atom stereocenters. The van der Waals surface area contributed by atoms with Crippen LogP contribution < -0.4 is 14.8 Å². The molecule has 256 valence electrons. The predicted octanol–water partition coefficient (Wildman–Crippen LogP) is 8.22. The van der Waals surface area contributed by atoms with Gasteiger partial charge in [0.15, 0.2) is 0 Å². The summed E-state index contributed by atoms with van der Waals surface area (Å²) in [5.74, 6) is 0.00397. The van der Waals surface area contributed by atoms with Crippen LogP contribution in [0.25, 0.3) is 10.8 Å². The van der Waals surface area contributed by atoms with Crippen LogP contribution in [0.1, 0.15) is 88.7 Å². The van der Waals surface area contributed by atoms with Gasteiger partial charge in [0.25, 0.3) is 21.6 Å². The van der Waals surface area contributed by atoms with Crippen LogP contribution in [-0.4, -0.2) is 37.5 Å². The number of nitrogens with one attached hydrogen (secondary N) is 2. The Morgan fingerprint density at radius 2 is 1.58 bits per heavy atom. The molecule has 0 radical (unpaired) electrons. The number of carbonyl (C=O) groups excluding carboxylic acids is 1. The maximum absolute atomic E-state index is 13.2. The van der Waals surface area contributed by atoms with Crippen molar-refractivity contribution in [3.05, 3.63) is 99.6 Å². The van der Waals surface area contributed by atoms with Crippen LogP contribution in [0.5, 0.6) is 11.5 Å². The number of rotatable bonds is 15. The number of non-ortho nitro benzene ring substituents is 1. The molecule has 0 aliphatic carbocycles. The SMILES string of the molecule is CCC(C)(C)c1ccc(OCCCCNC(=O)c2cc(NS(=O)(=O)c3cccc([N+](=O)[O-])c3)c3ccccc3c2O)c(C(C)(C)CC)c1. The molecule has 0 aromatic heterocycles. The lowest BCUT2D eigenvalue weighted by Crippen LogP contribution is -2.25. The molecule has 0 unspecified atom stereocenters. The van der Waals surface area contributed by atoms with E-state index in [2.05, 4.69) is 69.8 Å². The van der Waals surface area contributed by atoms with Crippen LogP contribution in [0.2, 0.25) is 0 Å². The van der Waals surface area contributed by atoms with Gasteiger partial charge in [-0.2, -0.15) is 0 Å². The van der Waals surface area contributed by atoms with Gasteiger partial charge in [0.2, 0.25) is 0 Å². The number of fused-ring (bicyclic) bond motifs is 1. The average molecular weight is 676 g/mol. The van der Waals surface area contributed by atoms with Gasteiger partial charge in [-0.25, -0.2) is 8.42 Å². The fourth-order valence-corrected chi connectivity index (χ4v) is 6.40. The Hall–Kier alpha value is -4.64. The van der Waals surface area contributed by atoms with E-state index in [9.17, 15) is 28.4 Å². The van der Waals surface area contributed by atoms with Crippen molar-refractivity contribution in [2.75, 3.05) is 17.9 Å². The summed E-state index contributed by atoms with van der Waals surface area (Å²) < 4.78 is 35.1. The third-order valence-corrected chi connectivity index (χ3v) is 10.6. The summed E-state index contributed by atoms with van der Waals surface area (Å²) in [6.07, 6.45) is 3.27. The van der Waals surface area contributed by atoms with Gasteiger partial charge in [-0.15, -0.1) is 0 Å². The van der Waals surface area contributed by atoms with Crippen LogP contribution in [0.4, 0.5) is 11.4 Å². The second-order valence-electron chi connectivity index (χ2n) is 13.2. The van der Waals surface area contributed by atoms with Crippen molar-refractivity contribution in [3.63, 3.8) is 0 Å². The number of aromatic hydroxyl groups is 1. The molecule has 1 amide bonds. The number of unbranched alkanes of at least 4 members (excludes halogenated alkanes) is 1. The summed E-state index contributed by atoms with van der Waals surface area (Å²) in [5, 5.41) is 25.6. The van der Waals surface area contributed by atoms with Crippen molar-refractivity contribution in [2.45, 2.75) is 83.0 Å². The molecule has 48 heavy (non-hydrogen) atoms. The quantitative estimate of drug-likeness (QED) is 0.0498. The number of amides is 1. The Bertz CT molecular complexity index is 1920. The molecule has 0 bridgehead atoms. The van der Waals surface area contributed by atoms with Crippen LogP contribution in [0.15, 0.2) is 77.7 Å². The molecule has 4 aromatic carbocycles. The number of phenols is 1. The third-order valence-electron chi connectivity index (χ3n) is 9.22. The number of nitro groups is 1. The Morgan fingerprint density at radius 1 is 0.896 bits per heavy atom. The number of benzene rings is 4. The van der Waals surface area contributed by atoms with Crippen molar-refractivity contribution in [2.24, 2.45) is 0 Å². The minimum absolute atomic E-state index is 0.0487. The number of nitrogens with zero attached hydrogens (tertiary/aromatic N) is 1. The second kappa shape index (κ2) is 14.6. The van der Waals surface area contributed by atoms with E-state index in [4.69, 9.17) is 4.74 Å². The van der Waals surface area contributed by atoms with Crippen LogP contribution in [0, 0.1) is 10.1 Å². The molecule has 0 heterocycles. The highest BCUT2D eigenvalue weighted by Gasteiger charge is 2.27. The summed E-state index contributed by atoms with van der Waals surface area (Å²) in [4.78, 5) is 23.5. The number of nitro benzene ring substituents is 1. The fraction of sp³-hybridized carbons (Fsp3) is 0.378. The van der Waals surface area contributed by atoms with Gasteiger partial charge in [-0.05, 0) is 60.3 Å². The Morgan fingerprint density at radius 3 is 2.25 bits per heavy atom. The first-order chi connectivity index (χ1) is 22.6. The first-order valence-corrected chi connectivity index (χ1v) is 17.7. The Labute approximate surface area is 282 Å². The molecule has 3 N–H and O–H groups in total. The lowest BCUT2D eigenvalue weighted by molar-refractivity contribution is -0.385. The van der Waals surface area contributed by atoms with Crippen molar-refractivity contribution in [1.82, 2.24) is 5.32 Å². The van der Waals surface area contributed by atoms with E-state index >= 15 is 0 Å². The number of anilines is 1. The molecule has 11 heteroatoms. The highest BCUT2D eigenvalue weighted by Crippen LogP contribution is 2.39. The minimum atomic E-state index is -4.27. The molecule has 4 rings (SSSR count). The number of hydrogen-bond donors (Lipinski definition) is 3. The Kier molecular flexibility index (Phi) is 11.0. The zero-order valence-corrected chi connectivity index (χ0v) is 29.2. The standard InChI is InChI=1S/C37H45N3O7S/c1-7-36(3,4)25-18-19-33(31(22-25)37(5,6)8-2)47-21-12-11-20-38-35(42)30-24-32(28-16-9-10-17-29(28)34(30)41)39-48(45,46)27-15-13-14-26(23-27)40(43)44/h9-10,13-19,22-24,39,41H,7-8,11-12,20-21H2,1-6H3,(H,38,42). The van der Waals surface area contributed by atoms with Gasteiger partial charge in [0.05, 0.1) is 27.7 Å². The van der Waals surface area contributed by atoms with E-state index < -0.39 is 20.9 Å². The normalized spacial score (nSPS) is 12.1. The van der Waals surface area contributed by atoms with E-state index in [-0.39, 0.29) is 43.8 Å². The summed E-state index contributed by atoms with van der Waals surface area (Å²) >= 11 is 0. The van der Waals surface area contributed by atoms with Gasteiger partial charge in [0.1, 0.15) is 11.5 Å². The van der Waals surface area contributed by atoms with E-state index in [1.54, 1.807) is 24.3 Å². The third kappa shape index (κ3) is 8.07. The topological polar surface area (TPSA) is 148 Å². The van der Waals surface area contributed by atoms with Crippen molar-refractivity contribution >= 4 is 38.1 Å². The van der Waals surface area contributed by atoms with Gasteiger partial charge >= 0.3 is 0 Å². The van der Waals surface area contributed by atoms with Gasteiger partial charge < -0.3 is 15.2 Å². The molecule has 0 saturated heterocycles. The minimum Gasteiger partial charge on any atom is -0.506 e. The van der Waals surface area contributed by atoms with Crippen molar-refractivity contribution in [1.29, 1.82) is 0 Å². The summed E-state index contributed by atoms with van der Waals surface area (Å²) in [5.41, 5.74) is 2.03. The highest BCUT2D eigenvalue weighted by molar-refractivity contribution is 7.92. The molecule has 10 nitrogen and oxygen atoms in total. The van der Waals surface area contributed by atoms with E-state index in [1.165, 1.54) is 35.4 Å². The highest BCUT2D eigenvalue weighted by atomic mass is 32.2. The molecular formula is C37H45N3O7S. The van der Waals surface area contributed by atoms with Crippen molar-refractivity contribution in [3.8, 4) is 11.5 Å². The van der Waals surface area contributed by atoms with Crippen LogP contribution >= 0.6 is 0 Å². The number of carbonyl (C=O) groups is 1. The van der Waals surface area contributed by atoms with Gasteiger partial charge in [-0.1, -0.05) is 84.0 Å².